The van der Waals surface area contributed by atoms with E-state index in [0.717, 1.165) is 16.9 Å². The molecule has 1 aliphatic carbocycles. The van der Waals surface area contributed by atoms with Crippen LogP contribution in [0.5, 0.6) is 11.8 Å². The zero-order chi connectivity index (χ0) is 18.4. The molecule has 1 aliphatic rings. The fourth-order valence-corrected chi connectivity index (χ4v) is 3.06. The van der Waals surface area contributed by atoms with Gasteiger partial charge in [0.1, 0.15) is 5.82 Å². The molecule has 136 valence electrons. The van der Waals surface area contributed by atoms with Crippen LogP contribution >= 0.6 is 0 Å². The number of rotatable bonds is 5. The van der Waals surface area contributed by atoms with Gasteiger partial charge in [-0.1, -0.05) is 0 Å². The Kier molecular flexibility index (Phi) is 3.56. The summed E-state index contributed by atoms with van der Waals surface area (Å²) in [4.78, 5) is 11.5. The van der Waals surface area contributed by atoms with Crippen molar-refractivity contribution in [2.75, 3.05) is 5.32 Å². The SMILES string of the molecule is Cc1cc2c(F)c(Oc3nccc(Nc4cc(C5CC5)[nH]n4)n3)ccc2[nH]1. The number of ether oxygens (including phenoxy) is 1. The first kappa shape index (κ1) is 15.8. The van der Waals surface area contributed by atoms with E-state index >= 15 is 0 Å². The number of H-pyrrole nitrogens is 2. The average Bonchev–Trinajstić information content (AvgIpc) is 3.28. The molecular weight excluding hydrogens is 347 g/mol. The molecule has 1 saturated carbocycles. The van der Waals surface area contributed by atoms with Crippen molar-refractivity contribution in [3.8, 4) is 11.8 Å². The van der Waals surface area contributed by atoms with Crippen LogP contribution in [-0.2, 0) is 0 Å². The van der Waals surface area contributed by atoms with Gasteiger partial charge in [-0.05, 0) is 44.0 Å². The Hall–Kier alpha value is -3.42. The summed E-state index contributed by atoms with van der Waals surface area (Å²) in [5.74, 6) is 1.42. The number of fused-ring (bicyclic) bond motifs is 1. The molecule has 3 heterocycles. The fraction of sp³-hybridized carbons (Fsp3) is 0.211. The molecule has 0 aliphatic heterocycles. The van der Waals surface area contributed by atoms with Crippen LogP contribution < -0.4 is 10.1 Å². The predicted octanol–water partition coefficient (Wildman–Crippen LogP) is 4.54. The summed E-state index contributed by atoms with van der Waals surface area (Å²) < 4.78 is 20.2. The smallest absolute Gasteiger partial charge is 0.323 e. The minimum absolute atomic E-state index is 0.0588. The second-order valence-electron chi connectivity index (χ2n) is 6.73. The summed E-state index contributed by atoms with van der Waals surface area (Å²) in [6.45, 7) is 1.88. The number of benzene rings is 1. The first-order valence-electron chi connectivity index (χ1n) is 8.77. The van der Waals surface area contributed by atoms with Crippen LogP contribution in [0.15, 0.2) is 36.5 Å². The largest absolute Gasteiger partial charge is 0.421 e. The number of halogens is 1. The summed E-state index contributed by atoms with van der Waals surface area (Å²) in [5, 5.41) is 10.8. The van der Waals surface area contributed by atoms with Gasteiger partial charge in [0.05, 0.1) is 0 Å². The Labute approximate surface area is 154 Å². The van der Waals surface area contributed by atoms with Crippen LogP contribution in [0.2, 0.25) is 0 Å². The number of nitrogens with one attached hydrogen (secondary N) is 3. The van der Waals surface area contributed by atoms with E-state index in [9.17, 15) is 4.39 Å². The fourth-order valence-electron chi connectivity index (χ4n) is 3.06. The van der Waals surface area contributed by atoms with Gasteiger partial charge in [-0.3, -0.25) is 5.10 Å². The zero-order valence-corrected chi connectivity index (χ0v) is 14.6. The standard InChI is InChI=1S/C19H17FN6O/c1-10-8-12-13(22-10)4-5-15(18(12)20)27-19-21-7-6-16(24-19)23-17-9-14(25-26-17)11-2-3-11/h4-9,11,22H,2-3H2,1H3,(H2,21,23,24,25,26). The normalized spacial score (nSPS) is 13.9. The van der Waals surface area contributed by atoms with Crippen LogP contribution in [0.25, 0.3) is 10.9 Å². The summed E-state index contributed by atoms with van der Waals surface area (Å²) in [5.41, 5.74) is 2.73. The number of nitrogens with zero attached hydrogens (tertiary/aromatic N) is 3. The van der Waals surface area contributed by atoms with Gasteiger partial charge in [-0.15, -0.1) is 0 Å². The van der Waals surface area contributed by atoms with Gasteiger partial charge in [0.15, 0.2) is 17.4 Å². The predicted molar refractivity (Wildman–Crippen MR) is 98.9 cm³/mol. The zero-order valence-electron chi connectivity index (χ0n) is 14.6. The van der Waals surface area contributed by atoms with Crippen molar-refractivity contribution in [1.82, 2.24) is 25.1 Å². The number of hydrogen-bond acceptors (Lipinski definition) is 5. The highest BCUT2D eigenvalue weighted by atomic mass is 19.1. The minimum Gasteiger partial charge on any atom is -0.421 e. The molecule has 0 bridgehead atoms. The van der Waals surface area contributed by atoms with Gasteiger partial charge < -0.3 is 15.0 Å². The third kappa shape index (κ3) is 3.10. The lowest BCUT2D eigenvalue weighted by Gasteiger charge is -2.07. The average molecular weight is 364 g/mol. The Bertz CT molecular complexity index is 1130. The summed E-state index contributed by atoms with van der Waals surface area (Å²) in [6.07, 6.45) is 3.95. The van der Waals surface area contributed by atoms with Gasteiger partial charge >= 0.3 is 6.01 Å². The second-order valence-corrected chi connectivity index (χ2v) is 6.73. The van der Waals surface area contributed by atoms with E-state index in [1.54, 1.807) is 30.5 Å². The van der Waals surface area contributed by atoms with E-state index in [4.69, 9.17) is 4.74 Å². The van der Waals surface area contributed by atoms with Crippen molar-refractivity contribution in [2.45, 2.75) is 25.7 Å². The minimum atomic E-state index is -0.444. The molecule has 0 unspecified atom stereocenters. The lowest BCUT2D eigenvalue weighted by atomic mass is 10.2. The molecule has 3 N–H and O–H groups in total. The van der Waals surface area contributed by atoms with Crippen LogP contribution in [0.3, 0.4) is 0 Å². The van der Waals surface area contributed by atoms with Crippen molar-refractivity contribution in [1.29, 1.82) is 0 Å². The molecule has 0 atom stereocenters. The van der Waals surface area contributed by atoms with E-state index < -0.39 is 5.82 Å². The Morgan fingerprint density at radius 1 is 1.19 bits per heavy atom. The van der Waals surface area contributed by atoms with Crippen LogP contribution in [0, 0.1) is 12.7 Å². The van der Waals surface area contributed by atoms with E-state index in [0.29, 0.717) is 22.9 Å². The molecule has 4 aromatic rings. The van der Waals surface area contributed by atoms with Crippen molar-refractivity contribution < 1.29 is 9.13 Å². The van der Waals surface area contributed by atoms with Gasteiger partial charge in [-0.2, -0.15) is 10.1 Å². The molecule has 5 rings (SSSR count). The molecule has 0 amide bonds. The molecule has 27 heavy (non-hydrogen) atoms. The highest BCUT2D eigenvalue weighted by molar-refractivity contribution is 5.82. The number of hydrogen-bond donors (Lipinski definition) is 3. The molecule has 0 spiro atoms. The monoisotopic (exact) mass is 364 g/mol. The lowest BCUT2D eigenvalue weighted by molar-refractivity contribution is 0.414. The van der Waals surface area contributed by atoms with Gasteiger partial charge in [0.25, 0.3) is 0 Å². The molecule has 8 heteroatoms. The molecule has 0 radical (unpaired) electrons. The second kappa shape index (κ2) is 6.08. The number of aromatic nitrogens is 5. The van der Waals surface area contributed by atoms with Crippen molar-refractivity contribution in [3.05, 3.63) is 53.7 Å². The van der Waals surface area contributed by atoms with Gasteiger partial charge in [0, 0.05) is 40.5 Å². The summed E-state index contributed by atoms with van der Waals surface area (Å²) in [7, 11) is 0. The molecule has 7 nitrogen and oxygen atoms in total. The Morgan fingerprint density at radius 2 is 2.07 bits per heavy atom. The molecular formula is C19H17FN6O. The van der Waals surface area contributed by atoms with Gasteiger partial charge in [-0.25, -0.2) is 9.37 Å². The highest BCUT2D eigenvalue weighted by Crippen LogP contribution is 2.39. The van der Waals surface area contributed by atoms with E-state index in [1.807, 2.05) is 13.0 Å². The first-order chi connectivity index (χ1) is 13.2. The first-order valence-corrected chi connectivity index (χ1v) is 8.77. The quantitative estimate of drug-likeness (QED) is 0.483. The summed E-state index contributed by atoms with van der Waals surface area (Å²) in [6, 6.07) is 8.81. The maximum absolute atomic E-state index is 14.7. The Morgan fingerprint density at radius 3 is 2.93 bits per heavy atom. The molecule has 1 fully saturated rings. The number of anilines is 2. The van der Waals surface area contributed by atoms with Crippen molar-refractivity contribution in [2.24, 2.45) is 0 Å². The molecule has 0 saturated heterocycles. The maximum atomic E-state index is 14.7. The lowest BCUT2D eigenvalue weighted by Crippen LogP contribution is -1.98. The van der Waals surface area contributed by atoms with Crippen LogP contribution in [0.1, 0.15) is 30.1 Å². The van der Waals surface area contributed by atoms with E-state index in [1.165, 1.54) is 12.8 Å². The number of aryl methyl sites for hydroxylation is 1. The third-order valence-corrected chi connectivity index (χ3v) is 4.54. The molecule has 1 aromatic carbocycles. The Balaban J connectivity index is 1.37. The third-order valence-electron chi connectivity index (χ3n) is 4.54. The van der Waals surface area contributed by atoms with E-state index in [-0.39, 0.29) is 11.8 Å². The van der Waals surface area contributed by atoms with Crippen LogP contribution in [0.4, 0.5) is 16.0 Å². The van der Waals surface area contributed by atoms with Gasteiger partial charge in [0.2, 0.25) is 0 Å². The molecule has 3 aromatic heterocycles. The van der Waals surface area contributed by atoms with Crippen LogP contribution in [-0.4, -0.2) is 25.1 Å². The maximum Gasteiger partial charge on any atom is 0.323 e. The topological polar surface area (TPSA) is 91.5 Å². The van der Waals surface area contributed by atoms with Crippen molar-refractivity contribution >= 4 is 22.5 Å². The van der Waals surface area contributed by atoms with E-state index in [2.05, 4.69) is 30.5 Å². The highest BCUT2D eigenvalue weighted by Gasteiger charge is 2.25. The number of aromatic amines is 2. The summed E-state index contributed by atoms with van der Waals surface area (Å²) >= 11 is 0. The van der Waals surface area contributed by atoms with Crippen molar-refractivity contribution in [3.63, 3.8) is 0 Å².